The van der Waals surface area contributed by atoms with E-state index in [2.05, 4.69) is 15.4 Å². The molecule has 0 spiro atoms. The highest BCUT2D eigenvalue weighted by Crippen LogP contribution is 2.48. The first-order valence-corrected chi connectivity index (χ1v) is 9.25. The summed E-state index contributed by atoms with van der Waals surface area (Å²) in [7, 11) is 0. The van der Waals surface area contributed by atoms with Gasteiger partial charge >= 0.3 is 0 Å². The molecule has 1 amide bonds. The Labute approximate surface area is 158 Å². The summed E-state index contributed by atoms with van der Waals surface area (Å²) in [6.45, 7) is 0. The normalized spacial score (nSPS) is 12.6. The number of aryl methyl sites for hydroxylation is 1. The average Bonchev–Trinajstić information content (AvgIpc) is 3.37. The second-order valence-electron chi connectivity index (χ2n) is 6.37. The number of anilines is 1. The van der Waals surface area contributed by atoms with Gasteiger partial charge < -0.3 is 16.0 Å². The van der Waals surface area contributed by atoms with Gasteiger partial charge in [-0.05, 0) is 18.4 Å². The van der Waals surface area contributed by atoms with Gasteiger partial charge in [0.05, 0.1) is 22.3 Å². The van der Waals surface area contributed by atoms with Gasteiger partial charge in [-0.1, -0.05) is 35.5 Å². The number of thiophene rings is 1. The maximum Gasteiger partial charge on any atom is 0.251 e. The van der Waals surface area contributed by atoms with Crippen molar-refractivity contribution < 1.29 is 9.32 Å². The van der Waals surface area contributed by atoms with E-state index < -0.39 is 5.91 Å². The molecule has 1 aliphatic carbocycles. The Morgan fingerprint density at radius 1 is 1.22 bits per heavy atom. The highest BCUT2D eigenvalue weighted by atomic mass is 32.1. The molecule has 27 heavy (non-hydrogen) atoms. The molecule has 0 unspecified atom stereocenters. The summed E-state index contributed by atoms with van der Waals surface area (Å²) in [6, 6.07) is 9.76. The molecular weight excluding hydrogens is 362 g/mol. The summed E-state index contributed by atoms with van der Waals surface area (Å²) in [5.41, 5.74) is 17.4. The van der Waals surface area contributed by atoms with Crippen LogP contribution in [0.15, 0.2) is 41.1 Å². The zero-order valence-electron chi connectivity index (χ0n) is 14.2. The molecule has 0 fully saturated rings. The van der Waals surface area contributed by atoms with Crippen LogP contribution in [0.3, 0.4) is 0 Å². The molecule has 3 heterocycles. The predicted octanol–water partition coefficient (Wildman–Crippen LogP) is 3.24. The number of fused-ring (bicyclic) bond motifs is 3. The second kappa shape index (κ2) is 5.82. The van der Waals surface area contributed by atoms with E-state index in [1.807, 2.05) is 30.3 Å². The number of nitrogen functional groups attached to an aromatic ring is 1. The van der Waals surface area contributed by atoms with E-state index in [0.717, 1.165) is 44.9 Å². The first-order valence-electron chi connectivity index (χ1n) is 8.44. The highest BCUT2D eigenvalue weighted by Gasteiger charge is 2.31. The fourth-order valence-corrected chi connectivity index (χ4v) is 4.84. The summed E-state index contributed by atoms with van der Waals surface area (Å²) in [6.07, 6.45) is 3.10. The standard InChI is InChI=1S/C19H15N5O2S/c20-18(25)13-10-6-7-12-14(17(10)27-19(13)21)15(24-23-12)11-8-22-26-16(11)9-4-2-1-3-5-9/h1-5,8H,6-7,21H2,(H2,20,25)(H,23,24). The van der Waals surface area contributed by atoms with E-state index in [4.69, 9.17) is 16.0 Å². The largest absolute Gasteiger partial charge is 0.390 e. The first kappa shape index (κ1) is 15.8. The lowest BCUT2D eigenvalue weighted by Crippen LogP contribution is -2.15. The van der Waals surface area contributed by atoms with Gasteiger partial charge in [-0.3, -0.25) is 9.89 Å². The van der Waals surface area contributed by atoms with Gasteiger partial charge in [0, 0.05) is 21.7 Å². The van der Waals surface area contributed by atoms with Crippen molar-refractivity contribution in [2.24, 2.45) is 5.73 Å². The maximum absolute atomic E-state index is 11.9. The Balaban J connectivity index is 1.72. The number of benzene rings is 1. The van der Waals surface area contributed by atoms with Crippen LogP contribution in [-0.4, -0.2) is 21.3 Å². The third kappa shape index (κ3) is 2.30. The number of primary amides is 1. The third-order valence-corrected chi connectivity index (χ3v) is 5.91. The molecule has 1 aliphatic rings. The molecule has 0 aliphatic heterocycles. The third-order valence-electron chi connectivity index (χ3n) is 4.84. The van der Waals surface area contributed by atoms with Crippen LogP contribution in [0, 0.1) is 0 Å². The van der Waals surface area contributed by atoms with Gasteiger partial charge in [0.1, 0.15) is 5.69 Å². The van der Waals surface area contributed by atoms with E-state index in [1.165, 1.54) is 11.3 Å². The summed E-state index contributed by atoms with van der Waals surface area (Å²) < 4.78 is 5.52. The maximum atomic E-state index is 11.9. The number of aromatic nitrogens is 3. The lowest BCUT2D eigenvalue weighted by molar-refractivity contribution is 0.100. The second-order valence-corrected chi connectivity index (χ2v) is 7.43. The summed E-state index contributed by atoms with van der Waals surface area (Å²) >= 11 is 1.37. The summed E-state index contributed by atoms with van der Waals surface area (Å²) in [5.74, 6) is 0.158. The van der Waals surface area contributed by atoms with Gasteiger partial charge in [0.15, 0.2) is 5.76 Å². The van der Waals surface area contributed by atoms with Crippen LogP contribution in [0.1, 0.15) is 21.6 Å². The Bertz CT molecular complexity index is 1170. The van der Waals surface area contributed by atoms with Crippen molar-refractivity contribution in [3.63, 3.8) is 0 Å². The topological polar surface area (TPSA) is 124 Å². The Kier molecular flexibility index (Phi) is 3.41. The van der Waals surface area contributed by atoms with Gasteiger partial charge in [0.25, 0.3) is 5.91 Å². The number of H-pyrrole nitrogens is 1. The van der Waals surface area contributed by atoms with Crippen molar-refractivity contribution in [2.45, 2.75) is 12.8 Å². The Morgan fingerprint density at radius 2 is 2.04 bits per heavy atom. The SMILES string of the molecule is NC(=O)c1c(N)sc2c1CCc1[nH]nc(-c3cnoc3-c3ccccc3)c1-2. The van der Waals surface area contributed by atoms with Crippen molar-refractivity contribution in [3.05, 3.63) is 53.3 Å². The Hall–Kier alpha value is -3.39. The van der Waals surface area contributed by atoms with Crippen LogP contribution >= 0.6 is 11.3 Å². The zero-order valence-corrected chi connectivity index (χ0v) is 15.0. The van der Waals surface area contributed by atoms with Crippen LogP contribution < -0.4 is 11.5 Å². The van der Waals surface area contributed by atoms with Crippen molar-refractivity contribution in [2.75, 3.05) is 5.73 Å². The highest BCUT2D eigenvalue weighted by molar-refractivity contribution is 7.20. The molecule has 5 rings (SSSR count). The molecule has 8 heteroatoms. The minimum Gasteiger partial charge on any atom is -0.390 e. The lowest BCUT2D eigenvalue weighted by Gasteiger charge is -2.13. The van der Waals surface area contributed by atoms with Crippen LogP contribution in [0.4, 0.5) is 5.00 Å². The van der Waals surface area contributed by atoms with Gasteiger partial charge in [-0.25, -0.2) is 0 Å². The molecule has 5 N–H and O–H groups in total. The number of nitrogens with two attached hydrogens (primary N) is 2. The predicted molar refractivity (Wildman–Crippen MR) is 103 cm³/mol. The summed E-state index contributed by atoms with van der Waals surface area (Å²) in [5, 5.41) is 12.1. The van der Waals surface area contributed by atoms with Crippen LogP contribution in [0.2, 0.25) is 0 Å². The minimum absolute atomic E-state index is 0.432. The monoisotopic (exact) mass is 377 g/mol. The van der Waals surface area contributed by atoms with E-state index in [1.54, 1.807) is 6.20 Å². The van der Waals surface area contributed by atoms with Gasteiger partial charge in [-0.2, -0.15) is 5.10 Å². The van der Waals surface area contributed by atoms with Crippen molar-refractivity contribution in [1.82, 2.24) is 15.4 Å². The fourth-order valence-electron chi connectivity index (χ4n) is 3.65. The zero-order chi connectivity index (χ0) is 18.5. The van der Waals surface area contributed by atoms with E-state index in [0.29, 0.717) is 22.7 Å². The average molecular weight is 377 g/mol. The number of nitrogens with one attached hydrogen (secondary N) is 1. The number of nitrogens with zero attached hydrogens (tertiary/aromatic N) is 2. The number of hydrogen-bond donors (Lipinski definition) is 3. The van der Waals surface area contributed by atoms with Crippen LogP contribution in [0.25, 0.3) is 33.0 Å². The van der Waals surface area contributed by atoms with E-state index in [-0.39, 0.29) is 0 Å². The fraction of sp³-hybridized carbons (Fsp3) is 0.105. The number of aromatic amines is 1. The number of carbonyl (C=O) groups excluding carboxylic acids is 1. The van der Waals surface area contributed by atoms with E-state index in [9.17, 15) is 4.79 Å². The van der Waals surface area contributed by atoms with Crippen molar-refractivity contribution in [3.8, 4) is 33.0 Å². The van der Waals surface area contributed by atoms with Gasteiger partial charge in [0.2, 0.25) is 0 Å². The van der Waals surface area contributed by atoms with Crippen LogP contribution in [0.5, 0.6) is 0 Å². The van der Waals surface area contributed by atoms with E-state index >= 15 is 0 Å². The molecule has 0 saturated carbocycles. The minimum atomic E-state index is -0.492. The van der Waals surface area contributed by atoms with Gasteiger partial charge in [-0.15, -0.1) is 11.3 Å². The quantitative estimate of drug-likeness (QED) is 0.505. The van der Waals surface area contributed by atoms with Crippen molar-refractivity contribution >= 4 is 22.2 Å². The molecule has 4 aromatic rings. The molecule has 0 radical (unpaired) electrons. The smallest absolute Gasteiger partial charge is 0.251 e. The molecule has 7 nitrogen and oxygen atoms in total. The molecule has 3 aromatic heterocycles. The number of amides is 1. The molecular formula is C19H15N5O2S. The molecule has 0 saturated heterocycles. The van der Waals surface area contributed by atoms with Crippen LogP contribution in [-0.2, 0) is 12.8 Å². The lowest BCUT2D eigenvalue weighted by atomic mass is 9.90. The first-order chi connectivity index (χ1) is 13.1. The van der Waals surface area contributed by atoms with Crippen molar-refractivity contribution in [1.29, 1.82) is 0 Å². The number of carbonyl (C=O) groups is 1. The number of rotatable bonds is 3. The summed E-state index contributed by atoms with van der Waals surface area (Å²) in [4.78, 5) is 12.8. The molecule has 0 bridgehead atoms. The molecule has 0 atom stereocenters. The molecule has 1 aromatic carbocycles. The Morgan fingerprint density at radius 3 is 2.81 bits per heavy atom. The number of hydrogen-bond acceptors (Lipinski definition) is 6. The molecule has 134 valence electrons.